The quantitative estimate of drug-likeness (QED) is 0.515. The molecule has 5 unspecified atom stereocenters. The summed E-state index contributed by atoms with van der Waals surface area (Å²) in [5.41, 5.74) is 0. The van der Waals surface area contributed by atoms with Gasteiger partial charge in [0.05, 0.1) is 7.11 Å². The Balaban J connectivity index is 3.30. The van der Waals surface area contributed by atoms with Gasteiger partial charge in [-0.25, -0.2) is 9.18 Å². The molecule has 0 aliphatic carbocycles. The number of esters is 3. The largest absolute Gasteiger partial charge is 0.465 e. The number of ether oxygens (including phenoxy) is 4. The zero-order valence-electron chi connectivity index (χ0n) is 15.8. The van der Waals surface area contributed by atoms with Gasteiger partial charge in [-0.2, -0.15) is 4.39 Å². The Hall–Kier alpha value is -1.77. The summed E-state index contributed by atoms with van der Waals surface area (Å²) in [5.74, 6) is -7.81. The van der Waals surface area contributed by atoms with Gasteiger partial charge in [0.15, 0.2) is 12.3 Å². The summed E-state index contributed by atoms with van der Waals surface area (Å²) < 4.78 is 49.4. The highest BCUT2D eigenvalue weighted by atomic mass is 19.2. The Morgan fingerprint density at radius 1 is 1.12 bits per heavy atom. The van der Waals surface area contributed by atoms with Crippen LogP contribution in [0.2, 0.25) is 0 Å². The van der Waals surface area contributed by atoms with Crippen molar-refractivity contribution in [3.05, 3.63) is 0 Å². The Labute approximate surface area is 151 Å². The SMILES string of the molecule is CC[C@@H](OC(C)=O)[C@@H](OC(C)=O)C1OC(F)(C(=O)OC)C(F)C(C)C1C. The van der Waals surface area contributed by atoms with Gasteiger partial charge in [0.25, 0.3) is 0 Å². The molecule has 0 amide bonds. The van der Waals surface area contributed by atoms with Crippen molar-refractivity contribution in [3.63, 3.8) is 0 Å². The molecule has 1 saturated heterocycles. The second-order valence-corrected chi connectivity index (χ2v) is 6.47. The molecule has 1 heterocycles. The molecule has 0 spiro atoms. The van der Waals surface area contributed by atoms with Gasteiger partial charge < -0.3 is 18.9 Å². The number of carbonyl (C=O) groups is 3. The van der Waals surface area contributed by atoms with Crippen LogP contribution in [0.3, 0.4) is 0 Å². The lowest BCUT2D eigenvalue weighted by molar-refractivity contribution is -0.293. The molecule has 7 atom stereocenters. The predicted molar refractivity (Wildman–Crippen MR) is 85.4 cm³/mol. The minimum Gasteiger partial charge on any atom is -0.465 e. The van der Waals surface area contributed by atoms with Crippen molar-refractivity contribution in [2.24, 2.45) is 11.8 Å². The minimum absolute atomic E-state index is 0.231. The molecule has 1 aliphatic rings. The van der Waals surface area contributed by atoms with E-state index < -0.39 is 60.1 Å². The zero-order valence-corrected chi connectivity index (χ0v) is 15.8. The maximum absolute atomic E-state index is 15.0. The number of hydrogen-bond acceptors (Lipinski definition) is 7. The highest BCUT2D eigenvalue weighted by Crippen LogP contribution is 2.43. The second-order valence-electron chi connectivity index (χ2n) is 6.47. The van der Waals surface area contributed by atoms with Crippen LogP contribution in [-0.4, -0.2) is 55.4 Å². The van der Waals surface area contributed by atoms with Crippen LogP contribution < -0.4 is 0 Å². The van der Waals surface area contributed by atoms with Gasteiger partial charge in [0.1, 0.15) is 12.2 Å². The van der Waals surface area contributed by atoms with Crippen LogP contribution in [0, 0.1) is 11.8 Å². The number of hydrogen-bond donors (Lipinski definition) is 0. The summed E-state index contributed by atoms with van der Waals surface area (Å²) >= 11 is 0. The van der Waals surface area contributed by atoms with Gasteiger partial charge >= 0.3 is 23.8 Å². The molecule has 0 aromatic rings. The summed E-state index contributed by atoms with van der Waals surface area (Å²) in [6.45, 7) is 6.97. The maximum Gasteiger partial charge on any atom is 0.375 e. The van der Waals surface area contributed by atoms with Crippen LogP contribution in [0.25, 0.3) is 0 Å². The Morgan fingerprint density at radius 2 is 1.65 bits per heavy atom. The molecule has 0 saturated carbocycles. The van der Waals surface area contributed by atoms with Crippen molar-refractivity contribution in [2.75, 3.05) is 7.11 Å². The molecule has 9 heteroatoms. The van der Waals surface area contributed by atoms with Crippen molar-refractivity contribution < 1.29 is 42.1 Å². The van der Waals surface area contributed by atoms with Crippen molar-refractivity contribution >= 4 is 17.9 Å². The lowest BCUT2D eigenvalue weighted by atomic mass is 9.78. The topological polar surface area (TPSA) is 88.1 Å². The average Bonchev–Trinajstić information content (AvgIpc) is 2.58. The van der Waals surface area contributed by atoms with E-state index in [9.17, 15) is 18.8 Å². The van der Waals surface area contributed by atoms with Crippen molar-refractivity contribution in [3.8, 4) is 0 Å². The summed E-state index contributed by atoms with van der Waals surface area (Å²) in [6, 6.07) is 0. The first-order chi connectivity index (χ1) is 12.0. The van der Waals surface area contributed by atoms with Crippen LogP contribution in [0.15, 0.2) is 0 Å². The van der Waals surface area contributed by atoms with Crippen LogP contribution in [0.5, 0.6) is 0 Å². The van der Waals surface area contributed by atoms with Crippen molar-refractivity contribution in [1.82, 2.24) is 0 Å². The molecule has 26 heavy (non-hydrogen) atoms. The first-order valence-corrected chi connectivity index (χ1v) is 8.43. The third kappa shape index (κ3) is 4.49. The van der Waals surface area contributed by atoms with Gasteiger partial charge in [-0.1, -0.05) is 20.8 Å². The fourth-order valence-corrected chi connectivity index (χ4v) is 3.08. The number of carbonyl (C=O) groups excluding carboxylic acids is 3. The van der Waals surface area contributed by atoms with E-state index in [2.05, 4.69) is 4.74 Å². The third-order valence-corrected chi connectivity index (χ3v) is 4.65. The van der Waals surface area contributed by atoms with E-state index >= 15 is 4.39 Å². The van der Waals surface area contributed by atoms with Crippen LogP contribution in [0.4, 0.5) is 8.78 Å². The molecule has 0 aromatic heterocycles. The summed E-state index contributed by atoms with van der Waals surface area (Å²) in [7, 11) is 0.911. The molecule has 1 fully saturated rings. The van der Waals surface area contributed by atoms with Crippen LogP contribution >= 0.6 is 0 Å². The summed E-state index contributed by atoms with van der Waals surface area (Å²) in [6.07, 6.45) is -5.43. The van der Waals surface area contributed by atoms with E-state index in [1.807, 2.05) is 0 Å². The van der Waals surface area contributed by atoms with Gasteiger partial charge in [0.2, 0.25) is 0 Å². The van der Waals surface area contributed by atoms with Crippen molar-refractivity contribution in [1.29, 1.82) is 0 Å². The average molecular weight is 380 g/mol. The van der Waals surface area contributed by atoms with Crippen LogP contribution in [0.1, 0.15) is 41.0 Å². The first kappa shape index (κ1) is 22.3. The number of alkyl halides is 2. The number of methoxy groups -OCH3 is 1. The number of rotatable bonds is 6. The molecular weight excluding hydrogens is 354 g/mol. The lowest BCUT2D eigenvalue weighted by Gasteiger charge is -2.46. The molecule has 1 aliphatic heterocycles. The number of halogens is 2. The van der Waals surface area contributed by atoms with Crippen molar-refractivity contribution in [2.45, 2.75) is 71.4 Å². The second kappa shape index (κ2) is 8.75. The fourth-order valence-electron chi connectivity index (χ4n) is 3.08. The summed E-state index contributed by atoms with van der Waals surface area (Å²) in [4.78, 5) is 34.7. The molecule has 0 bridgehead atoms. The fraction of sp³-hybridized carbons (Fsp3) is 0.824. The Morgan fingerprint density at radius 3 is 2.08 bits per heavy atom. The monoisotopic (exact) mass is 380 g/mol. The van der Waals surface area contributed by atoms with Gasteiger partial charge in [-0.05, 0) is 18.3 Å². The predicted octanol–water partition coefficient (Wildman–Crippen LogP) is 2.11. The third-order valence-electron chi connectivity index (χ3n) is 4.65. The van der Waals surface area contributed by atoms with Crippen LogP contribution in [-0.2, 0) is 33.3 Å². The standard InChI is InChI=1S/C17H26F2O7/c1-7-12(24-10(4)20)14(25-11(5)21)13-8(2)9(3)15(18)17(19,26-13)16(22)23-6/h8-9,12-15H,7H2,1-6H3/t8?,9?,12-,13?,14-,15?,17?/m1/s1. The smallest absolute Gasteiger partial charge is 0.375 e. The van der Waals surface area contributed by atoms with E-state index in [-0.39, 0.29) is 6.42 Å². The molecule has 150 valence electrons. The van der Waals surface area contributed by atoms with E-state index in [0.29, 0.717) is 0 Å². The molecule has 0 N–H and O–H groups in total. The maximum atomic E-state index is 15.0. The van der Waals surface area contributed by atoms with E-state index in [1.54, 1.807) is 13.8 Å². The Bertz CT molecular complexity index is 541. The highest BCUT2D eigenvalue weighted by molar-refractivity contribution is 5.78. The van der Waals surface area contributed by atoms with E-state index in [4.69, 9.17) is 14.2 Å². The molecule has 0 aromatic carbocycles. The normalized spacial score (nSPS) is 33.7. The highest BCUT2D eigenvalue weighted by Gasteiger charge is 2.61. The first-order valence-electron chi connectivity index (χ1n) is 8.43. The Kier molecular flexibility index (Phi) is 7.49. The van der Waals surface area contributed by atoms with Gasteiger partial charge in [0, 0.05) is 13.8 Å². The lowest BCUT2D eigenvalue weighted by Crippen LogP contribution is -2.63. The molecule has 7 nitrogen and oxygen atoms in total. The van der Waals surface area contributed by atoms with E-state index in [0.717, 1.165) is 14.0 Å². The molecule has 0 radical (unpaired) electrons. The summed E-state index contributed by atoms with van der Waals surface area (Å²) in [5, 5.41) is 0. The van der Waals surface area contributed by atoms with E-state index in [1.165, 1.54) is 13.8 Å². The zero-order chi connectivity index (χ0) is 20.2. The minimum atomic E-state index is -3.35. The molecule has 1 rings (SSSR count). The van der Waals surface area contributed by atoms with Gasteiger partial charge in [-0.3, -0.25) is 9.59 Å². The molecular formula is C17H26F2O7. The van der Waals surface area contributed by atoms with Gasteiger partial charge in [-0.15, -0.1) is 0 Å².